The first-order chi connectivity index (χ1) is 16.7. The zero-order valence-electron chi connectivity index (χ0n) is 21.2. The third kappa shape index (κ3) is 6.41. The lowest BCUT2D eigenvalue weighted by Crippen LogP contribution is -2.31. The third-order valence-electron chi connectivity index (χ3n) is 6.20. The van der Waals surface area contributed by atoms with Crippen LogP contribution in [0.25, 0.3) is 0 Å². The van der Waals surface area contributed by atoms with Crippen molar-refractivity contribution < 1.29 is 9.53 Å². The average molecular weight is 477 g/mol. The fourth-order valence-corrected chi connectivity index (χ4v) is 4.57. The van der Waals surface area contributed by atoms with E-state index < -0.39 is 11.6 Å². The van der Waals surface area contributed by atoms with E-state index in [1.54, 1.807) is 15.3 Å². The number of pyridine rings is 1. The molecule has 1 atom stereocenters. The molecule has 0 amide bonds. The molecule has 0 fully saturated rings. The van der Waals surface area contributed by atoms with Crippen LogP contribution in [0.5, 0.6) is 0 Å². The van der Waals surface area contributed by atoms with Crippen molar-refractivity contribution in [2.24, 2.45) is 0 Å². The first-order valence-electron chi connectivity index (χ1n) is 12.5. The standard InChI is InChI=1S/C28H36N4O3/c1-20-8-5-9-22(18-20)24(19-25(33)35-28(2,3)4)32-17-16-31(27(32)34)15-7-11-23-13-12-21-10-6-14-29-26(21)30-23/h5,8-9,12-13,16-18,24H,6-7,10-11,14-15,19H2,1-4H3,(H,29,30)/t24-/m0/s1. The second-order valence-electron chi connectivity index (χ2n) is 10.3. The molecule has 0 saturated carbocycles. The number of aromatic nitrogens is 3. The molecule has 0 unspecified atom stereocenters. The van der Waals surface area contributed by atoms with Crippen molar-refractivity contribution >= 4 is 11.8 Å². The number of hydrogen-bond donors (Lipinski definition) is 1. The molecule has 2 aromatic heterocycles. The van der Waals surface area contributed by atoms with Crippen LogP contribution in [-0.2, 0) is 28.9 Å². The predicted octanol–water partition coefficient (Wildman–Crippen LogP) is 4.67. The number of imidazole rings is 1. The number of nitrogens with one attached hydrogen (secondary N) is 1. The van der Waals surface area contributed by atoms with Crippen LogP contribution in [0.3, 0.4) is 0 Å². The van der Waals surface area contributed by atoms with Crippen LogP contribution in [0.4, 0.5) is 5.82 Å². The Morgan fingerprint density at radius 3 is 2.80 bits per heavy atom. The topological polar surface area (TPSA) is 78.2 Å². The molecule has 1 N–H and O–H groups in total. The Labute approximate surface area is 207 Å². The number of hydrogen-bond acceptors (Lipinski definition) is 5. The van der Waals surface area contributed by atoms with E-state index in [1.807, 2.05) is 58.2 Å². The molecule has 1 aliphatic heterocycles. The van der Waals surface area contributed by atoms with Crippen molar-refractivity contribution in [3.63, 3.8) is 0 Å². The SMILES string of the molecule is Cc1cccc([C@H](CC(=O)OC(C)(C)C)n2ccn(CCCc3ccc4c(n3)NCCC4)c2=O)c1. The minimum absolute atomic E-state index is 0.0939. The van der Waals surface area contributed by atoms with Gasteiger partial charge in [0, 0.05) is 31.2 Å². The van der Waals surface area contributed by atoms with E-state index in [-0.39, 0.29) is 18.1 Å². The van der Waals surface area contributed by atoms with Crippen LogP contribution in [0.2, 0.25) is 0 Å². The molecule has 1 aromatic carbocycles. The van der Waals surface area contributed by atoms with Gasteiger partial charge in [-0.25, -0.2) is 9.78 Å². The highest BCUT2D eigenvalue weighted by Crippen LogP contribution is 2.24. The van der Waals surface area contributed by atoms with E-state index >= 15 is 0 Å². The maximum atomic E-state index is 13.3. The largest absolute Gasteiger partial charge is 0.460 e. The first kappa shape index (κ1) is 24.8. The molecular weight excluding hydrogens is 440 g/mol. The number of rotatable bonds is 8. The van der Waals surface area contributed by atoms with Crippen LogP contribution in [0, 0.1) is 6.92 Å². The molecule has 186 valence electrons. The molecular formula is C28H36N4O3. The summed E-state index contributed by atoms with van der Waals surface area (Å²) in [5, 5.41) is 3.38. The molecule has 3 heterocycles. The number of aryl methyl sites for hydroxylation is 4. The maximum Gasteiger partial charge on any atom is 0.328 e. The highest BCUT2D eigenvalue weighted by molar-refractivity contribution is 5.71. The fourth-order valence-electron chi connectivity index (χ4n) is 4.57. The van der Waals surface area contributed by atoms with Gasteiger partial charge in [0.15, 0.2) is 0 Å². The number of anilines is 1. The van der Waals surface area contributed by atoms with Gasteiger partial charge in [0.25, 0.3) is 0 Å². The van der Waals surface area contributed by atoms with Gasteiger partial charge in [-0.05, 0) is 70.6 Å². The first-order valence-corrected chi connectivity index (χ1v) is 12.5. The lowest BCUT2D eigenvalue weighted by molar-refractivity contribution is -0.155. The molecule has 4 rings (SSSR count). The zero-order valence-corrected chi connectivity index (χ0v) is 21.2. The molecule has 0 saturated heterocycles. The summed E-state index contributed by atoms with van der Waals surface area (Å²) in [4.78, 5) is 30.8. The van der Waals surface area contributed by atoms with Crippen molar-refractivity contribution in [2.75, 3.05) is 11.9 Å². The molecule has 7 heteroatoms. The van der Waals surface area contributed by atoms with Gasteiger partial charge in [0.2, 0.25) is 0 Å². The van der Waals surface area contributed by atoms with Crippen molar-refractivity contribution in [3.8, 4) is 0 Å². The predicted molar refractivity (Wildman–Crippen MR) is 138 cm³/mol. The summed E-state index contributed by atoms with van der Waals surface area (Å²) < 4.78 is 8.94. The number of nitrogens with zero attached hydrogens (tertiary/aromatic N) is 3. The van der Waals surface area contributed by atoms with Gasteiger partial charge in [0.1, 0.15) is 11.4 Å². The average Bonchev–Trinajstić information content (AvgIpc) is 3.16. The maximum absolute atomic E-state index is 13.3. The van der Waals surface area contributed by atoms with Crippen LogP contribution in [0.15, 0.2) is 53.6 Å². The number of carbonyl (C=O) groups excluding carboxylic acids is 1. The van der Waals surface area contributed by atoms with Crippen molar-refractivity contribution in [2.45, 2.75) is 78.0 Å². The van der Waals surface area contributed by atoms with Gasteiger partial charge in [-0.2, -0.15) is 0 Å². The Kier molecular flexibility index (Phi) is 7.43. The summed E-state index contributed by atoms with van der Waals surface area (Å²) in [6.07, 6.45) is 7.50. The summed E-state index contributed by atoms with van der Waals surface area (Å²) in [5.74, 6) is 0.677. The number of esters is 1. The van der Waals surface area contributed by atoms with E-state index in [9.17, 15) is 9.59 Å². The van der Waals surface area contributed by atoms with Crippen LogP contribution in [-0.4, -0.2) is 32.2 Å². The van der Waals surface area contributed by atoms with Gasteiger partial charge >= 0.3 is 11.7 Å². The molecule has 35 heavy (non-hydrogen) atoms. The summed E-state index contributed by atoms with van der Waals surface area (Å²) >= 11 is 0. The number of ether oxygens (including phenoxy) is 1. The van der Waals surface area contributed by atoms with E-state index in [0.717, 1.165) is 54.9 Å². The van der Waals surface area contributed by atoms with Gasteiger partial charge in [-0.3, -0.25) is 13.9 Å². The Morgan fingerprint density at radius 1 is 1.20 bits per heavy atom. The normalized spacial score (nSPS) is 14.2. The summed E-state index contributed by atoms with van der Waals surface area (Å²) in [6, 6.07) is 11.8. The van der Waals surface area contributed by atoms with E-state index in [1.165, 1.54) is 5.56 Å². The highest BCUT2D eigenvalue weighted by atomic mass is 16.6. The Balaban J connectivity index is 1.48. The minimum atomic E-state index is -0.578. The molecule has 0 aliphatic carbocycles. The van der Waals surface area contributed by atoms with Gasteiger partial charge in [-0.15, -0.1) is 0 Å². The Hall–Kier alpha value is -3.35. The van der Waals surface area contributed by atoms with E-state index in [2.05, 4.69) is 17.4 Å². The van der Waals surface area contributed by atoms with E-state index in [4.69, 9.17) is 9.72 Å². The second kappa shape index (κ2) is 10.5. The van der Waals surface area contributed by atoms with Gasteiger partial charge in [0.05, 0.1) is 12.5 Å². The monoisotopic (exact) mass is 476 g/mol. The summed E-state index contributed by atoms with van der Waals surface area (Å²) in [5.41, 5.74) is 3.61. The number of benzene rings is 1. The summed E-state index contributed by atoms with van der Waals surface area (Å²) in [6.45, 7) is 9.11. The number of fused-ring (bicyclic) bond motifs is 1. The number of carbonyl (C=O) groups is 1. The van der Waals surface area contributed by atoms with Crippen LogP contribution in [0.1, 0.15) is 68.5 Å². The molecule has 7 nitrogen and oxygen atoms in total. The lowest BCUT2D eigenvalue weighted by atomic mass is 10.0. The Morgan fingerprint density at radius 2 is 2.03 bits per heavy atom. The molecule has 1 aliphatic rings. The van der Waals surface area contributed by atoms with Gasteiger partial charge < -0.3 is 10.1 Å². The lowest BCUT2D eigenvalue weighted by Gasteiger charge is -2.23. The van der Waals surface area contributed by atoms with Crippen molar-refractivity contribution in [1.82, 2.24) is 14.1 Å². The molecule has 0 spiro atoms. The molecule has 0 bridgehead atoms. The van der Waals surface area contributed by atoms with Crippen LogP contribution < -0.4 is 11.0 Å². The highest BCUT2D eigenvalue weighted by Gasteiger charge is 2.24. The van der Waals surface area contributed by atoms with Crippen molar-refractivity contribution in [1.29, 1.82) is 0 Å². The molecule has 0 radical (unpaired) electrons. The zero-order chi connectivity index (χ0) is 25.0. The summed E-state index contributed by atoms with van der Waals surface area (Å²) in [7, 11) is 0. The fraction of sp³-hybridized carbons (Fsp3) is 0.464. The van der Waals surface area contributed by atoms with E-state index in [0.29, 0.717) is 6.54 Å². The van der Waals surface area contributed by atoms with Gasteiger partial charge in [-0.1, -0.05) is 35.9 Å². The van der Waals surface area contributed by atoms with Crippen molar-refractivity contribution in [3.05, 3.63) is 81.7 Å². The third-order valence-corrected chi connectivity index (χ3v) is 6.20. The second-order valence-corrected chi connectivity index (χ2v) is 10.3. The molecule has 3 aromatic rings. The minimum Gasteiger partial charge on any atom is -0.460 e. The Bertz CT molecular complexity index is 1240. The smallest absolute Gasteiger partial charge is 0.328 e. The van der Waals surface area contributed by atoms with Crippen LogP contribution >= 0.6 is 0 Å². The quantitative estimate of drug-likeness (QED) is 0.478.